The van der Waals surface area contributed by atoms with Crippen molar-refractivity contribution in [1.82, 2.24) is 10.2 Å². The van der Waals surface area contributed by atoms with Crippen LogP contribution in [-0.4, -0.2) is 55.2 Å². The highest BCUT2D eigenvalue weighted by Gasteiger charge is 2.24. The van der Waals surface area contributed by atoms with Crippen molar-refractivity contribution < 1.29 is 9.53 Å². The van der Waals surface area contributed by atoms with Crippen LogP contribution >= 0.6 is 0 Å². The third-order valence-corrected chi connectivity index (χ3v) is 2.89. The average molecular weight is 273 g/mol. The van der Waals surface area contributed by atoms with Gasteiger partial charge in [0.25, 0.3) is 0 Å². The molecule has 0 saturated heterocycles. The lowest BCUT2D eigenvalue weighted by atomic mass is 10.1. The van der Waals surface area contributed by atoms with E-state index in [2.05, 4.69) is 24.1 Å². The topological polar surface area (TPSA) is 67.6 Å². The number of nitrogens with one attached hydrogen (secondary N) is 1. The van der Waals surface area contributed by atoms with Gasteiger partial charge in [0.05, 0.1) is 6.61 Å². The maximum atomic E-state index is 12.0. The van der Waals surface area contributed by atoms with Crippen LogP contribution in [0.25, 0.3) is 0 Å². The highest BCUT2D eigenvalue weighted by Crippen LogP contribution is 2.10. The standard InChI is InChI=1S/C14H31N3O2/c1-11(2)17(7-8-19-6)12(10-15)9-13(18)16-14(3,4)5/h11-12H,7-10,15H2,1-6H3,(H,16,18). The van der Waals surface area contributed by atoms with Crippen LogP contribution in [0, 0.1) is 0 Å². The predicted molar refractivity (Wildman–Crippen MR) is 79.1 cm³/mol. The maximum Gasteiger partial charge on any atom is 0.222 e. The van der Waals surface area contributed by atoms with E-state index >= 15 is 0 Å². The number of carbonyl (C=O) groups is 1. The lowest BCUT2D eigenvalue weighted by molar-refractivity contribution is -0.123. The van der Waals surface area contributed by atoms with Crippen LogP contribution in [0.15, 0.2) is 0 Å². The Morgan fingerprint density at radius 3 is 2.32 bits per heavy atom. The van der Waals surface area contributed by atoms with E-state index < -0.39 is 0 Å². The second-order valence-electron chi connectivity index (χ2n) is 6.22. The molecule has 0 bridgehead atoms. The van der Waals surface area contributed by atoms with Gasteiger partial charge in [0.1, 0.15) is 0 Å². The fraction of sp³-hybridized carbons (Fsp3) is 0.929. The summed E-state index contributed by atoms with van der Waals surface area (Å²) >= 11 is 0. The van der Waals surface area contributed by atoms with Crippen LogP contribution in [-0.2, 0) is 9.53 Å². The molecule has 0 aromatic rings. The highest BCUT2D eigenvalue weighted by atomic mass is 16.5. The molecule has 0 rings (SSSR count). The first-order valence-corrected chi connectivity index (χ1v) is 6.97. The largest absolute Gasteiger partial charge is 0.383 e. The molecule has 0 aromatic carbocycles. The second kappa shape index (κ2) is 8.51. The third kappa shape index (κ3) is 8.18. The first-order chi connectivity index (χ1) is 8.71. The van der Waals surface area contributed by atoms with Crippen molar-refractivity contribution in [3.63, 3.8) is 0 Å². The Labute approximate surface area is 117 Å². The number of amides is 1. The molecule has 0 saturated carbocycles. The number of hydrogen-bond acceptors (Lipinski definition) is 4. The Morgan fingerprint density at radius 2 is 1.95 bits per heavy atom. The molecule has 0 radical (unpaired) electrons. The summed E-state index contributed by atoms with van der Waals surface area (Å²) in [7, 11) is 1.68. The normalized spacial score (nSPS) is 13.9. The molecule has 0 heterocycles. The van der Waals surface area contributed by atoms with Crippen molar-refractivity contribution in [2.45, 2.75) is 58.7 Å². The second-order valence-corrected chi connectivity index (χ2v) is 6.22. The molecule has 0 aliphatic rings. The van der Waals surface area contributed by atoms with Gasteiger partial charge in [-0.1, -0.05) is 0 Å². The van der Waals surface area contributed by atoms with Crippen LogP contribution < -0.4 is 11.1 Å². The van der Waals surface area contributed by atoms with Gasteiger partial charge >= 0.3 is 0 Å². The molecule has 0 aliphatic heterocycles. The van der Waals surface area contributed by atoms with E-state index in [4.69, 9.17) is 10.5 Å². The zero-order valence-corrected chi connectivity index (χ0v) is 13.3. The van der Waals surface area contributed by atoms with Crippen molar-refractivity contribution in [3.05, 3.63) is 0 Å². The number of nitrogens with zero attached hydrogens (tertiary/aromatic N) is 1. The summed E-state index contributed by atoms with van der Waals surface area (Å²) in [5.74, 6) is 0.0472. The molecule has 114 valence electrons. The summed E-state index contributed by atoms with van der Waals surface area (Å²) < 4.78 is 5.12. The van der Waals surface area contributed by atoms with Crippen molar-refractivity contribution in [1.29, 1.82) is 0 Å². The van der Waals surface area contributed by atoms with Gasteiger partial charge in [-0.3, -0.25) is 9.69 Å². The quantitative estimate of drug-likeness (QED) is 0.691. The Bertz CT molecular complexity index is 262. The van der Waals surface area contributed by atoms with E-state index in [1.165, 1.54) is 0 Å². The Hall–Kier alpha value is -0.650. The molecule has 3 N–H and O–H groups in total. The summed E-state index contributed by atoms with van der Waals surface area (Å²) in [6.45, 7) is 12.1. The fourth-order valence-corrected chi connectivity index (χ4v) is 2.08. The minimum absolute atomic E-state index is 0.0472. The Balaban J connectivity index is 4.55. The van der Waals surface area contributed by atoms with Crippen molar-refractivity contribution in [3.8, 4) is 0 Å². The average Bonchev–Trinajstić information content (AvgIpc) is 2.24. The monoisotopic (exact) mass is 273 g/mol. The van der Waals surface area contributed by atoms with Gasteiger partial charge in [0, 0.05) is 44.2 Å². The van der Waals surface area contributed by atoms with Crippen molar-refractivity contribution in [2.24, 2.45) is 5.73 Å². The molecule has 19 heavy (non-hydrogen) atoms. The molecule has 0 spiro atoms. The van der Waals surface area contributed by atoms with Gasteiger partial charge in [-0.15, -0.1) is 0 Å². The summed E-state index contributed by atoms with van der Waals surface area (Å²) in [4.78, 5) is 14.2. The molecule has 5 heteroatoms. The van der Waals surface area contributed by atoms with E-state index in [0.717, 1.165) is 6.54 Å². The molecule has 0 aliphatic carbocycles. The molecule has 1 atom stereocenters. The first kappa shape index (κ1) is 18.4. The van der Waals surface area contributed by atoms with Crippen LogP contribution in [0.4, 0.5) is 0 Å². The molecule has 5 nitrogen and oxygen atoms in total. The molecule has 1 unspecified atom stereocenters. The third-order valence-electron chi connectivity index (χ3n) is 2.89. The Morgan fingerprint density at radius 1 is 1.37 bits per heavy atom. The highest BCUT2D eigenvalue weighted by molar-refractivity contribution is 5.77. The SMILES string of the molecule is COCCN(C(C)C)C(CN)CC(=O)NC(C)(C)C. The van der Waals surface area contributed by atoms with E-state index in [1.807, 2.05) is 20.8 Å². The van der Waals surface area contributed by atoms with Crippen molar-refractivity contribution >= 4 is 5.91 Å². The van der Waals surface area contributed by atoms with Crippen molar-refractivity contribution in [2.75, 3.05) is 26.8 Å². The smallest absolute Gasteiger partial charge is 0.222 e. The number of methoxy groups -OCH3 is 1. The van der Waals surface area contributed by atoms with Gasteiger partial charge in [-0.25, -0.2) is 0 Å². The van der Waals surface area contributed by atoms with Gasteiger partial charge in [-0.2, -0.15) is 0 Å². The summed E-state index contributed by atoms with van der Waals surface area (Å²) in [6.07, 6.45) is 0.426. The molecular formula is C14H31N3O2. The summed E-state index contributed by atoms with van der Waals surface area (Å²) in [6, 6.07) is 0.392. The minimum Gasteiger partial charge on any atom is -0.383 e. The maximum absolute atomic E-state index is 12.0. The van der Waals surface area contributed by atoms with Gasteiger partial charge in [0.2, 0.25) is 5.91 Å². The number of carbonyl (C=O) groups excluding carboxylic acids is 1. The van der Waals surface area contributed by atoms with Crippen LogP contribution in [0.3, 0.4) is 0 Å². The van der Waals surface area contributed by atoms with E-state index in [9.17, 15) is 4.79 Å². The molecular weight excluding hydrogens is 242 g/mol. The van der Waals surface area contributed by atoms with Crippen LogP contribution in [0.2, 0.25) is 0 Å². The van der Waals surface area contributed by atoms with Crippen LogP contribution in [0.5, 0.6) is 0 Å². The van der Waals surface area contributed by atoms with Crippen LogP contribution in [0.1, 0.15) is 41.0 Å². The first-order valence-electron chi connectivity index (χ1n) is 6.97. The molecule has 1 amide bonds. The van der Waals surface area contributed by atoms with E-state index in [1.54, 1.807) is 7.11 Å². The lowest BCUT2D eigenvalue weighted by Gasteiger charge is -2.34. The van der Waals surface area contributed by atoms with Gasteiger partial charge < -0.3 is 15.8 Å². The Kier molecular flexibility index (Phi) is 8.22. The number of rotatable bonds is 8. The van der Waals surface area contributed by atoms with Gasteiger partial charge in [-0.05, 0) is 34.6 Å². The number of ether oxygens (including phenoxy) is 1. The number of nitrogens with two attached hydrogens (primary N) is 1. The minimum atomic E-state index is -0.203. The molecule has 0 fully saturated rings. The van der Waals surface area contributed by atoms with E-state index in [-0.39, 0.29) is 17.5 Å². The summed E-state index contributed by atoms with van der Waals surface area (Å²) in [5, 5.41) is 2.98. The van der Waals surface area contributed by atoms with E-state index in [0.29, 0.717) is 25.6 Å². The fourth-order valence-electron chi connectivity index (χ4n) is 2.08. The van der Waals surface area contributed by atoms with Gasteiger partial charge in [0.15, 0.2) is 0 Å². The zero-order chi connectivity index (χ0) is 15.1. The molecule has 0 aromatic heterocycles. The zero-order valence-electron chi connectivity index (χ0n) is 13.3. The predicted octanol–water partition coefficient (Wildman–Crippen LogP) is 0.975. The number of hydrogen-bond donors (Lipinski definition) is 2. The lowest BCUT2D eigenvalue weighted by Crippen LogP contribution is -2.50. The summed E-state index contributed by atoms with van der Waals surface area (Å²) in [5.41, 5.74) is 5.63.